The summed E-state index contributed by atoms with van der Waals surface area (Å²) in [4.78, 5) is 16.1. The summed E-state index contributed by atoms with van der Waals surface area (Å²) in [6, 6.07) is 14.6. The van der Waals surface area contributed by atoms with Crippen molar-refractivity contribution in [1.82, 2.24) is 14.8 Å². The number of rotatable bonds is 6. The lowest BCUT2D eigenvalue weighted by molar-refractivity contribution is 0.262. The zero-order valence-electron chi connectivity index (χ0n) is 13.8. The number of para-hydroxylation sites is 2. The number of benzene rings is 2. The van der Waals surface area contributed by atoms with E-state index in [4.69, 9.17) is 4.74 Å². The first kappa shape index (κ1) is 16.5. The van der Waals surface area contributed by atoms with Crippen molar-refractivity contribution < 1.29 is 9.53 Å². The summed E-state index contributed by atoms with van der Waals surface area (Å²) in [7, 11) is 0. The smallest absolute Gasteiger partial charge is 0.323 e. The number of urea groups is 1. The van der Waals surface area contributed by atoms with Crippen LogP contribution in [-0.4, -0.2) is 27.4 Å². The number of amides is 2. The van der Waals surface area contributed by atoms with Crippen LogP contribution < -0.4 is 15.4 Å². The predicted octanol–water partition coefficient (Wildman–Crippen LogP) is 3.37. The Labute approximate surface area is 145 Å². The van der Waals surface area contributed by atoms with Crippen LogP contribution in [0, 0.1) is 0 Å². The normalized spacial score (nSPS) is 10.3. The third-order valence-corrected chi connectivity index (χ3v) is 3.46. The summed E-state index contributed by atoms with van der Waals surface area (Å²) in [5.41, 5.74) is 2.40. The van der Waals surface area contributed by atoms with Gasteiger partial charge >= 0.3 is 6.03 Å². The number of hydrogen-bond acceptors (Lipinski definition) is 4. The van der Waals surface area contributed by atoms with Gasteiger partial charge in [-0.1, -0.05) is 24.3 Å². The Morgan fingerprint density at radius 3 is 2.64 bits per heavy atom. The lowest BCUT2D eigenvalue weighted by atomic mass is 10.2. The van der Waals surface area contributed by atoms with Crippen molar-refractivity contribution >= 4 is 17.4 Å². The largest absolute Gasteiger partial charge is 0.492 e. The Balaban J connectivity index is 1.59. The first-order valence-electron chi connectivity index (χ1n) is 7.96. The molecule has 128 valence electrons. The average Bonchev–Trinajstić information content (AvgIpc) is 3.12. The second kappa shape index (κ2) is 7.96. The number of anilines is 2. The van der Waals surface area contributed by atoms with Crippen LogP contribution in [0.15, 0.2) is 61.2 Å². The monoisotopic (exact) mass is 337 g/mol. The molecule has 25 heavy (non-hydrogen) atoms. The fourth-order valence-electron chi connectivity index (χ4n) is 2.33. The standard InChI is InChI=1S/C18H19N5O2/c1-2-25-17-6-4-3-5-16(17)22-18(24)21-15-9-7-14(8-10-15)11-23-13-19-12-20-23/h3-10,12-13H,2,11H2,1H3,(H2,21,22,24). The molecule has 7 nitrogen and oxygen atoms in total. The maximum absolute atomic E-state index is 12.2. The summed E-state index contributed by atoms with van der Waals surface area (Å²) in [6.45, 7) is 3.07. The van der Waals surface area contributed by atoms with Crippen LogP contribution in [0.3, 0.4) is 0 Å². The highest BCUT2D eigenvalue weighted by molar-refractivity contribution is 6.00. The van der Waals surface area contributed by atoms with Crippen molar-refractivity contribution in [1.29, 1.82) is 0 Å². The van der Waals surface area contributed by atoms with E-state index < -0.39 is 0 Å². The molecule has 2 N–H and O–H groups in total. The molecule has 0 fully saturated rings. The minimum atomic E-state index is -0.323. The number of hydrogen-bond donors (Lipinski definition) is 2. The number of ether oxygens (including phenoxy) is 1. The summed E-state index contributed by atoms with van der Waals surface area (Å²) in [6.07, 6.45) is 3.16. The Morgan fingerprint density at radius 2 is 1.92 bits per heavy atom. The van der Waals surface area contributed by atoms with Crippen LogP contribution in [0.2, 0.25) is 0 Å². The fourth-order valence-corrected chi connectivity index (χ4v) is 2.33. The van der Waals surface area contributed by atoms with Gasteiger partial charge in [0.05, 0.1) is 18.8 Å². The Morgan fingerprint density at radius 1 is 1.12 bits per heavy atom. The molecule has 1 heterocycles. The molecule has 1 aromatic heterocycles. The highest BCUT2D eigenvalue weighted by Crippen LogP contribution is 2.23. The summed E-state index contributed by atoms with van der Waals surface area (Å²) >= 11 is 0. The fraction of sp³-hybridized carbons (Fsp3) is 0.167. The Hall–Kier alpha value is -3.35. The van der Waals surface area contributed by atoms with Crippen molar-refractivity contribution in [2.45, 2.75) is 13.5 Å². The van der Waals surface area contributed by atoms with Gasteiger partial charge in [-0.15, -0.1) is 0 Å². The quantitative estimate of drug-likeness (QED) is 0.722. The van der Waals surface area contributed by atoms with Crippen LogP contribution in [0.1, 0.15) is 12.5 Å². The number of carbonyl (C=O) groups excluding carboxylic acids is 1. The molecule has 3 aromatic rings. The molecule has 0 atom stereocenters. The van der Waals surface area contributed by atoms with Crippen molar-refractivity contribution in [3.63, 3.8) is 0 Å². The first-order chi connectivity index (χ1) is 12.2. The number of nitrogens with zero attached hydrogens (tertiary/aromatic N) is 3. The molecule has 0 radical (unpaired) electrons. The van der Waals surface area contributed by atoms with Crippen LogP contribution in [0.25, 0.3) is 0 Å². The molecule has 0 aliphatic carbocycles. The minimum Gasteiger partial charge on any atom is -0.492 e. The molecular weight excluding hydrogens is 318 g/mol. The molecule has 0 saturated carbocycles. The summed E-state index contributed by atoms with van der Waals surface area (Å²) in [5.74, 6) is 0.642. The molecule has 0 unspecified atom stereocenters. The van der Waals surface area contributed by atoms with Gasteiger partial charge in [-0.3, -0.25) is 0 Å². The average molecular weight is 337 g/mol. The van der Waals surface area contributed by atoms with Gasteiger partial charge in [0.2, 0.25) is 0 Å². The van der Waals surface area contributed by atoms with Gasteiger partial charge in [-0.05, 0) is 36.8 Å². The van der Waals surface area contributed by atoms with Crippen LogP contribution in [-0.2, 0) is 6.54 Å². The van der Waals surface area contributed by atoms with Crippen molar-refractivity contribution in [2.24, 2.45) is 0 Å². The molecule has 0 bridgehead atoms. The van der Waals surface area contributed by atoms with Gasteiger partial charge in [0.1, 0.15) is 18.4 Å². The minimum absolute atomic E-state index is 0.323. The third kappa shape index (κ3) is 4.57. The van der Waals surface area contributed by atoms with E-state index in [-0.39, 0.29) is 6.03 Å². The summed E-state index contributed by atoms with van der Waals surface area (Å²) < 4.78 is 7.23. The lowest BCUT2D eigenvalue weighted by Gasteiger charge is -2.12. The molecular formula is C18H19N5O2. The lowest BCUT2D eigenvalue weighted by Crippen LogP contribution is -2.20. The molecule has 2 aromatic carbocycles. The Kier molecular flexibility index (Phi) is 5.26. The second-order valence-corrected chi connectivity index (χ2v) is 5.30. The zero-order valence-corrected chi connectivity index (χ0v) is 13.8. The van der Waals surface area contributed by atoms with Gasteiger partial charge < -0.3 is 15.4 Å². The molecule has 0 spiro atoms. The summed E-state index contributed by atoms with van der Waals surface area (Å²) in [5, 5.41) is 9.67. The Bertz CT molecular complexity index is 816. The van der Waals surface area contributed by atoms with Crippen LogP contribution >= 0.6 is 0 Å². The van der Waals surface area contributed by atoms with Gasteiger partial charge in [-0.25, -0.2) is 14.5 Å². The van der Waals surface area contributed by atoms with Gasteiger partial charge in [0, 0.05) is 5.69 Å². The van der Waals surface area contributed by atoms with E-state index >= 15 is 0 Å². The molecule has 0 aliphatic rings. The molecule has 0 aliphatic heterocycles. The molecule has 3 rings (SSSR count). The van der Waals surface area contributed by atoms with Crippen LogP contribution in [0.5, 0.6) is 5.75 Å². The number of aromatic nitrogens is 3. The number of nitrogens with one attached hydrogen (secondary N) is 2. The maximum atomic E-state index is 12.2. The zero-order chi connectivity index (χ0) is 17.5. The van der Waals surface area contributed by atoms with Gasteiger partial charge in [-0.2, -0.15) is 5.10 Å². The van der Waals surface area contributed by atoms with E-state index in [1.54, 1.807) is 17.1 Å². The van der Waals surface area contributed by atoms with Crippen molar-refractivity contribution in [3.05, 3.63) is 66.7 Å². The van der Waals surface area contributed by atoms with E-state index in [2.05, 4.69) is 20.7 Å². The highest BCUT2D eigenvalue weighted by atomic mass is 16.5. The maximum Gasteiger partial charge on any atom is 0.323 e. The SMILES string of the molecule is CCOc1ccccc1NC(=O)Nc1ccc(Cn2cncn2)cc1. The molecule has 2 amide bonds. The van der Waals surface area contributed by atoms with E-state index in [0.29, 0.717) is 30.3 Å². The van der Waals surface area contributed by atoms with E-state index in [1.165, 1.54) is 6.33 Å². The van der Waals surface area contributed by atoms with E-state index in [1.807, 2.05) is 49.4 Å². The topological polar surface area (TPSA) is 81.1 Å². The van der Waals surface area contributed by atoms with Gasteiger partial charge in [0.15, 0.2) is 0 Å². The van der Waals surface area contributed by atoms with Crippen molar-refractivity contribution in [3.8, 4) is 5.75 Å². The molecule has 0 saturated heterocycles. The molecule has 7 heteroatoms. The predicted molar refractivity (Wildman–Crippen MR) is 95.8 cm³/mol. The van der Waals surface area contributed by atoms with Crippen molar-refractivity contribution in [2.75, 3.05) is 17.2 Å². The van der Waals surface area contributed by atoms with E-state index in [9.17, 15) is 4.79 Å². The third-order valence-electron chi connectivity index (χ3n) is 3.46. The second-order valence-electron chi connectivity index (χ2n) is 5.30. The van der Waals surface area contributed by atoms with Gasteiger partial charge in [0.25, 0.3) is 0 Å². The highest BCUT2D eigenvalue weighted by Gasteiger charge is 2.07. The first-order valence-corrected chi connectivity index (χ1v) is 7.96. The number of carbonyl (C=O) groups is 1. The van der Waals surface area contributed by atoms with Crippen LogP contribution in [0.4, 0.5) is 16.2 Å². The van der Waals surface area contributed by atoms with E-state index in [0.717, 1.165) is 5.56 Å².